The van der Waals surface area contributed by atoms with E-state index in [2.05, 4.69) is 5.32 Å². The van der Waals surface area contributed by atoms with Crippen LogP contribution in [-0.4, -0.2) is 81.7 Å². The summed E-state index contributed by atoms with van der Waals surface area (Å²) in [5.41, 5.74) is 10.2. The van der Waals surface area contributed by atoms with Crippen LogP contribution in [0.2, 0.25) is 0 Å². The van der Waals surface area contributed by atoms with Crippen molar-refractivity contribution < 1.29 is 44.1 Å². The number of carboxylic acid groups (broad SMARTS) is 2. The number of aliphatic hydroxyl groups is 1. The number of nitrogens with two attached hydrogens (primary N) is 2. The number of aliphatic hydroxyl groups excluding tert-OH is 1. The summed E-state index contributed by atoms with van der Waals surface area (Å²) in [6, 6.07) is -4.72. The van der Waals surface area contributed by atoms with E-state index in [1.54, 1.807) is 0 Å². The van der Waals surface area contributed by atoms with Gasteiger partial charge in [-0.2, -0.15) is 0 Å². The minimum atomic E-state index is -1.72. The predicted molar refractivity (Wildman–Crippen MR) is 90.2 cm³/mol. The van der Waals surface area contributed by atoms with Gasteiger partial charge in [0.15, 0.2) is 0 Å². The molecular formula is C14H23N5O9. The molecule has 0 radical (unpaired) electrons. The van der Waals surface area contributed by atoms with E-state index in [-0.39, 0.29) is 0 Å². The van der Waals surface area contributed by atoms with E-state index in [0.717, 1.165) is 0 Å². The van der Waals surface area contributed by atoms with Crippen LogP contribution in [0.4, 0.5) is 0 Å². The summed E-state index contributed by atoms with van der Waals surface area (Å²) in [5, 5.41) is 33.0. The van der Waals surface area contributed by atoms with Gasteiger partial charge in [0.25, 0.3) is 0 Å². The monoisotopic (exact) mass is 405 g/mol. The van der Waals surface area contributed by atoms with Crippen molar-refractivity contribution in [2.45, 2.75) is 44.0 Å². The summed E-state index contributed by atoms with van der Waals surface area (Å²) in [5.74, 6) is -7.12. The fourth-order valence-corrected chi connectivity index (χ4v) is 1.81. The van der Waals surface area contributed by atoms with Crippen molar-refractivity contribution in [3.05, 3.63) is 0 Å². The van der Waals surface area contributed by atoms with Crippen LogP contribution in [-0.2, 0) is 28.8 Å². The molecule has 4 atom stereocenters. The van der Waals surface area contributed by atoms with Crippen LogP contribution < -0.4 is 27.4 Å². The van der Waals surface area contributed by atoms with Gasteiger partial charge in [-0.25, -0.2) is 4.79 Å². The van der Waals surface area contributed by atoms with E-state index in [1.165, 1.54) is 6.92 Å². The second-order valence-corrected chi connectivity index (χ2v) is 5.77. The number of nitrogens with one attached hydrogen (secondary N) is 3. The average molecular weight is 405 g/mol. The third-order valence-corrected chi connectivity index (χ3v) is 3.30. The Morgan fingerprint density at radius 2 is 1.50 bits per heavy atom. The Labute approximate surface area is 158 Å². The van der Waals surface area contributed by atoms with Gasteiger partial charge in [0.05, 0.1) is 25.5 Å². The zero-order valence-electron chi connectivity index (χ0n) is 14.9. The summed E-state index contributed by atoms with van der Waals surface area (Å²) >= 11 is 0. The molecule has 0 rings (SSSR count). The van der Waals surface area contributed by atoms with Crippen molar-refractivity contribution >= 4 is 35.6 Å². The van der Waals surface area contributed by atoms with Crippen LogP contribution in [0.25, 0.3) is 0 Å². The molecule has 0 aromatic carbocycles. The minimum Gasteiger partial charge on any atom is -0.481 e. The predicted octanol–water partition coefficient (Wildman–Crippen LogP) is -4.78. The summed E-state index contributed by atoms with van der Waals surface area (Å²) in [7, 11) is 0. The van der Waals surface area contributed by atoms with Crippen LogP contribution in [0.5, 0.6) is 0 Å². The molecule has 0 heterocycles. The van der Waals surface area contributed by atoms with Gasteiger partial charge in [-0.05, 0) is 6.92 Å². The van der Waals surface area contributed by atoms with Gasteiger partial charge < -0.3 is 42.7 Å². The van der Waals surface area contributed by atoms with E-state index in [0.29, 0.717) is 0 Å². The maximum atomic E-state index is 12.1. The molecule has 0 fully saturated rings. The van der Waals surface area contributed by atoms with Crippen LogP contribution >= 0.6 is 0 Å². The van der Waals surface area contributed by atoms with Gasteiger partial charge in [0.1, 0.15) is 18.1 Å². The first-order valence-corrected chi connectivity index (χ1v) is 7.89. The molecule has 14 heteroatoms. The molecule has 28 heavy (non-hydrogen) atoms. The number of rotatable bonds is 12. The molecule has 0 spiro atoms. The Kier molecular flexibility index (Phi) is 10.1. The zero-order chi connectivity index (χ0) is 22.0. The Bertz CT molecular complexity index is 637. The van der Waals surface area contributed by atoms with Gasteiger partial charge in [-0.1, -0.05) is 0 Å². The van der Waals surface area contributed by atoms with Crippen LogP contribution in [0.1, 0.15) is 19.8 Å². The summed E-state index contributed by atoms with van der Waals surface area (Å²) in [6.07, 6.45) is -2.84. The van der Waals surface area contributed by atoms with E-state index in [9.17, 15) is 33.9 Å². The lowest BCUT2D eigenvalue weighted by molar-refractivity contribution is -0.144. The largest absolute Gasteiger partial charge is 0.481 e. The first kappa shape index (κ1) is 24.7. The molecule has 4 amide bonds. The molecule has 0 saturated carbocycles. The van der Waals surface area contributed by atoms with E-state index < -0.39 is 79.2 Å². The SMILES string of the molecule is CC(O)C(N)C(=O)NCC(=O)NC(CC(=O)O)C(=O)NC(CC(N)=O)C(=O)O. The van der Waals surface area contributed by atoms with E-state index in [1.807, 2.05) is 10.6 Å². The lowest BCUT2D eigenvalue weighted by Crippen LogP contribution is -2.55. The molecule has 0 aromatic heterocycles. The second kappa shape index (κ2) is 11.5. The smallest absolute Gasteiger partial charge is 0.326 e. The standard InChI is InChI=1S/C14H23N5O9/c1-5(20)11(16)13(26)17-4-9(22)18-6(3-10(23)24)12(25)19-7(14(27)28)2-8(15)21/h5-7,11,20H,2-4,16H2,1H3,(H2,15,21)(H,17,26)(H,18,22)(H,19,25)(H,23,24)(H,27,28). The highest BCUT2D eigenvalue weighted by Gasteiger charge is 2.29. The molecule has 14 nitrogen and oxygen atoms in total. The van der Waals surface area contributed by atoms with Crippen LogP contribution in [0.3, 0.4) is 0 Å². The number of amides is 4. The maximum Gasteiger partial charge on any atom is 0.326 e. The van der Waals surface area contributed by atoms with Crippen molar-refractivity contribution in [1.29, 1.82) is 0 Å². The Morgan fingerprint density at radius 1 is 0.929 bits per heavy atom. The first-order chi connectivity index (χ1) is 12.8. The van der Waals surface area contributed by atoms with Crippen molar-refractivity contribution in [3.63, 3.8) is 0 Å². The van der Waals surface area contributed by atoms with Gasteiger partial charge in [0, 0.05) is 0 Å². The number of carboxylic acids is 2. The molecule has 0 aliphatic rings. The number of hydrogen-bond acceptors (Lipinski definition) is 8. The third-order valence-electron chi connectivity index (χ3n) is 3.30. The minimum absolute atomic E-state index is 0.688. The average Bonchev–Trinajstić information content (AvgIpc) is 2.56. The molecule has 0 aliphatic carbocycles. The lowest BCUT2D eigenvalue weighted by Gasteiger charge is -2.20. The highest BCUT2D eigenvalue weighted by atomic mass is 16.4. The molecule has 0 saturated heterocycles. The topological polar surface area (TPSA) is 251 Å². The first-order valence-electron chi connectivity index (χ1n) is 7.89. The highest BCUT2D eigenvalue weighted by Crippen LogP contribution is 1.98. The number of carbonyl (C=O) groups is 6. The molecule has 0 aromatic rings. The Hall–Kier alpha value is -3.26. The van der Waals surface area contributed by atoms with Crippen LogP contribution in [0.15, 0.2) is 0 Å². The zero-order valence-corrected chi connectivity index (χ0v) is 14.9. The van der Waals surface area contributed by atoms with Gasteiger partial charge in [0.2, 0.25) is 23.6 Å². The Morgan fingerprint density at radius 3 is 1.93 bits per heavy atom. The maximum absolute atomic E-state index is 12.1. The van der Waals surface area contributed by atoms with Crippen molar-refractivity contribution in [1.82, 2.24) is 16.0 Å². The van der Waals surface area contributed by atoms with Crippen molar-refractivity contribution in [3.8, 4) is 0 Å². The second-order valence-electron chi connectivity index (χ2n) is 5.77. The molecule has 0 aliphatic heterocycles. The van der Waals surface area contributed by atoms with E-state index in [4.69, 9.17) is 21.7 Å². The number of aliphatic carboxylic acids is 2. The molecule has 158 valence electrons. The van der Waals surface area contributed by atoms with Crippen LogP contribution in [0, 0.1) is 0 Å². The highest BCUT2D eigenvalue weighted by molar-refractivity contribution is 5.95. The molecule has 4 unspecified atom stereocenters. The number of hydrogen-bond donors (Lipinski definition) is 8. The quantitative estimate of drug-likeness (QED) is 0.154. The summed E-state index contributed by atoms with van der Waals surface area (Å²) in [6.45, 7) is 0.564. The fourth-order valence-electron chi connectivity index (χ4n) is 1.81. The third kappa shape index (κ3) is 9.44. The van der Waals surface area contributed by atoms with Gasteiger partial charge in [-0.3, -0.25) is 24.0 Å². The summed E-state index contributed by atoms with van der Waals surface area (Å²) < 4.78 is 0. The normalized spacial score (nSPS) is 14.7. The summed E-state index contributed by atoms with van der Waals surface area (Å²) in [4.78, 5) is 68.3. The van der Waals surface area contributed by atoms with Crippen molar-refractivity contribution in [2.75, 3.05) is 6.54 Å². The van der Waals surface area contributed by atoms with Crippen molar-refractivity contribution in [2.24, 2.45) is 11.5 Å². The Balaban J connectivity index is 4.97. The molecule has 10 N–H and O–H groups in total. The van der Waals surface area contributed by atoms with E-state index >= 15 is 0 Å². The van der Waals surface area contributed by atoms with Gasteiger partial charge in [-0.15, -0.1) is 0 Å². The molecular weight excluding hydrogens is 382 g/mol. The fraction of sp³-hybridized carbons (Fsp3) is 0.571. The number of primary amides is 1. The number of carbonyl (C=O) groups excluding carboxylic acids is 4. The molecule has 0 bridgehead atoms. The lowest BCUT2D eigenvalue weighted by atomic mass is 10.1. The van der Waals surface area contributed by atoms with Gasteiger partial charge >= 0.3 is 11.9 Å².